The third-order valence-corrected chi connectivity index (χ3v) is 3.81. The van der Waals surface area contributed by atoms with Crippen molar-refractivity contribution in [2.45, 2.75) is 32.4 Å². The van der Waals surface area contributed by atoms with Crippen LogP contribution in [0.4, 0.5) is 5.82 Å². The van der Waals surface area contributed by atoms with Gasteiger partial charge >= 0.3 is 0 Å². The van der Waals surface area contributed by atoms with E-state index in [1.54, 1.807) is 7.11 Å². The summed E-state index contributed by atoms with van der Waals surface area (Å²) < 4.78 is 5.54. The molecule has 100 valence electrons. The minimum absolute atomic E-state index is 0.0497. The lowest BCUT2D eigenvalue weighted by Crippen LogP contribution is -2.44. The lowest BCUT2D eigenvalue weighted by Gasteiger charge is -2.37. The van der Waals surface area contributed by atoms with Crippen LogP contribution in [0.25, 0.3) is 0 Å². The second-order valence-electron chi connectivity index (χ2n) is 5.22. The average molecular weight is 249 g/mol. The highest BCUT2D eigenvalue weighted by Crippen LogP contribution is 2.24. The molecule has 2 N–H and O–H groups in total. The molecule has 18 heavy (non-hydrogen) atoms. The number of nitrogens with zero attached hydrogens (tertiary/aromatic N) is 2. The van der Waals surface area contributed by atoms with E-state index in [1.165, 1.54) is 0 Å². The summed E-state index contributed by atoms with van der Waals surface area (Å²) in [5.74, 6) is 1.63. The van der Waals surface area contributed by atoms with Gasteiger partial charge in [0.15, 0.2) is 0 Å². The summed E-state index contributed by atoms with van der Waals surface area (Å²) in [6, 6.07) is 4.12. The van der Waals surface area contributed by atoms with E-state index in [0.29, 0.717) is 12.0 Å². The zero-order valence-electron chi connectivity index (χ0n) is 11.5. The molecule has 0 radical (unpaired) electrons. The molecule has 1 aromatic heterocycles. The molecule has 3 atom stereocenters. The molecule has 4 nitrogen and oxygen atoms in total. The van der Waals surface area contributed by atoms with Gasteiger partial charge in [0.25, 0.3) is 0 Å². The van der Waals surface area contributed by atoms with Gasteiger partial charge in [-0.2, -0.15) is 0 Å². The quantitative estimate of drug-likeness (QED) is 0.889. The van der Waals surface area contributed by atoms with Gasteiger partial charge in [0.2, 0.25) is 0 Å². The SMILES string of the molecule is COC1CN(c2cc(C(C)N)ccn2)CCC1C. The summed E-state index contributed by atoms with van der Waals surface area (Å²) >= 11 is 0. The summed E-state index contributed by atoms with van der Waals surface area (Å²) in [5, 5.41) is 0. The van der Waals surface area contributed by atoms with Crippen molar-refractivity contribution in [3.63, 3.8) is 0 Å². The molecule has 0 aliphatic carbocycles. The van der Waals surface area contributed by atoms with Gasteiger partial charge in [0.05, 0.1) is 6.10 Å². The fraction of sp³-hybridized carbons (Fsp3) is 0.643. The first kappa shape index (κ1) is 13.3. The van der Waals surface area contributed by atoms with E-state index in [9.17, 15) is 0 Å². The molecule has 1 aliphatic rings. The van der Waals surface area contributed by atoms with Gasteiger partial charge in [0.1, 0.15) is 5.82 Å². The Labute approximate surface area is 109 Å². The van der Waals surface area contributed by atoms with E-state index >= 15 is 0 Å². The molecule has 1 fully saturated rings. The monoisotopic (exact) mass is 249 g/mol. The Kier molecular flexibility index (Phi) is 4.19. The Hall–Kier alpha value is -1.13. The highest BCUT2D eigenvalue weighted by Gasteiger charge is 2.26. The van der Waals surface area contributed by atoms with Crippen LogP contribution in [0.5, 0.6) is 0 Å². The van der Waals surface area contributed by atoms with Crippen LogP contribution in [0, 0.1) is 5.92 Å². The summed E-state index contributed by atoms with van der Waals surface area (Å²) in [7, 11) is 1.79. The third kappa shape index (κ3) is 2.82. The number of hydrogen-bond acceptors (Lipinski definition) is 4. The normalized spacial score (nSPS) is 26.1. The van der Waals surface area contributed by atoms with Gasteiger partial charge in [-0.1, -0.05) is 6.92 Å². The molecule has 0 spiro atoms. The fourth-order valence-corrected chi connectivity index (χ4v) is 2.44. The summed E-state index contributed by atoms with van der Waals surface area (Å²) in [4.78, 5) is 6.75. The average Bonchev–Trinajstić information content (AvgIpc) is 2.39. The molecule has 2 heterocycles. The number of ether oxygens (including phenoxy) is 1. The van der Waals surface area contributed by atoms with Crippen LogP contribution in [0.15, 0.2) is 18.3 Å². The van der Waals surface area contributed by atoms with Crippen LogP contribution in [-0.4, -0.2) is 31.3 Å². The molecule has 2 rings (SSSR count). The van der Waals surface area contributed by atoms with Crippen molar-refractivity contribution in [3.8, 4) is 0 Å². The zero-order chi connectivity index (χ0) is 13.1. The molecule has 0 aromatic carbocycles. The number of nitrogens with two attached hydrogens (primary N) is 1. The van der Waals surface area contributed by atoms with E-state index in [2.05, 4.69) is 22.9 Å². The zero-order valence-corrected chi connectivity index (χ0v) is 11.5. The molecular formula is C14H23N3O. The van der Waals surface area contributed by atoms with E-state index in [4.69, 9.17) is 10.5 Å². The van der Waals surface area contributed by atoms with Gasteiger partial charge in [-0.05, 0) is 37.0 Å². The Morgan fingerprint density at radius 2 is 2.33 bits per heavy atom. The lowest BCUT2D eigenvalue weighted by molar-refractivity contribution is 0.0496. The van der Waals surface area contributed by atoms with E-state index in [-0.39, 0.29) is 6.04 Å². The summed E-state index contributed by atoms with van der Waals surface area (Å²) in [5.41, 5.74) is 7.05. The molecule has 0 saturated carbocycles. The number of piperidine rings is 1. The largest absolute Gasteiger partial charge is 0.379 e. The van der Waals surface area contributed by atoms with Gasteiger partial charge in [0, 0.05) is 32.4 Å². The highest BCUT2D eigenvalue weighted by atomic mass is 16.5. The van der Waals surface area contributed by atoms with Crippen LogP contribution in [0.1, 0.15) is 31.9 Å². The predicted molar refractivity (Wildman–Crippen MR) is 73.6 cm³/mol. The van der Waals surface area contributed by atoms with Crippen molar-refractivity contribution >= 4 is 5.82 Å². The first-order chi connectivity index (χ1) is 8.61. The van der Waals surface area contributed by atoms with Gasteiger partial charge in [-0.25, -0.2) is 4.98 Å². The molecule has 1 aromatic rings. The van der Waals surface area contributed by atoms with Gasteiger partial charge in [-0.15, -0.1) is 0 Å². The Bertz CT molecular complexity index is 394. The van der Waals surface area contributed by atoms with Crippen LogP contribution in [0.3, 0.4) is 0 Å². The van der Waals surface area contributed by atoms with Crippen molar-refractivity contribution in [3.05, 3.63) is 23.9 Å². The first-order valence-corrected chi connectivity index (χ1v) is 6.61. The molecular weight excluding hydrogens is 226 g/mol. The summed E-state index contributed by atoms with van der Waals surface area (Å²) in [6.07, 6.45) is 3.27. The van der Waals surface area contributed by atoms with Crippen molar-refractivity contribution < 1.29 is 4.74 Å². The van der Waals surface area contributed by atoms with Crippen LogP contribution < -0.4 is 10.6 Å². The van der Waals surface area contributed by atoms with E-state index in [0.717, 1.165) is 30.9 Å². The Morgan fingerprint density at radius 3 is 3.00 bits per heavy atom. The van der Waals surface area contributed by atoms with Gasteiger partial charge < -0.3 is 15.4 Å². The molecule has 0 amide bonds. The highest BCUT2D eigenvalue weighted by molar-refractivity contribution is 5.42. The molecule has 0 bridgehead atoms. The van der Waals surface area contributed by atoms with Crippen LogP contribution >= 0.6 is 0 Å². The molecule has 1 aliphatic heterocycles. The second kappa shape index (κ2) is 5.67. The fourth-order valence-electron chi connectivity index (χ4n) is 2.44. The predicted octanol–water partition coefficient (Wildman–Crippen LogP) is 1.96. The Balaban J connectivity index is 2.14. The molecule has 3 unspecified atom stereocenters. The number of aromatic nitrogens is 1. The minimum Gasteiger partial charge on any atom is -0.379 e. The topological polar surface area (TPSA) is 51.4 Å². The van der Waals surface area contributed by atoms with Gasteiger partial charge in [-0.3, -0.25) is 0 Å². The number of hydrogen-bond donors (Lipinski definition) is 1. The number of anilines is 1. The number of methoxy groups -OCH3 is 1. The maximum absolute atomic E-state index is 5.92. The molecule has 1 saturated heterocycles. The van der Waals surface area contributed by atoms with E-state index < -0.39 is 0 Å². The van der Waals surface area contributed by atoms with Crippen molar-refractivity contribution in [2.24, 2.45) is 11.7 Å². The second-order valence-corrected chi connectivity index (χ2v) is 5.22. The van der Waals surface area contributed by atoms with Crippen LogP contribution in [0.2, 0.25) is 0 Å². The lowest BCUT2D eigenvalue weighted by atomic mass is 9.95. The maximum atomic E-state index is 5.92. The van der Waals surface area contributed by atoms with Crippen molar-refractivity contribution in [2.75, 3.05) is 25.1 Å². The van der Waals surface area contributed by atoms with Crippen molar-refractivity contribution in [1.29, 1.82) is 0 Å². The number of rotatable bonds is 3. The third-order valence-electron chi connectivity index (χ3n) is 3.81. The molecule has 4 heteroatoms. The number of pyridine rings is 1. The first-order valence-electron chi connectivity index (χ1n) is 6.61. The Morgan fingerprint density at radius 1 is 1.56 bits per heavy atom. The summed E-state index contributed by atoms with van der Waals surface area (Å²) in [6.45, 7) is 6.19. The standard InChI is InChI=1S/C14H23N3O/c1-10-5-7-17(9-13(10)18-3)14-8-12(11(2)15)4-6-16-14/h4,6,8,10-11,13H,5,7,9,15H2,1-3H3. The van der Waals surface area contributed by atoms with Crippen molar-refractivity contribution in [1.82, 2.24) is 4.98 Å². The minimum atomic E-state index is 0.0497. The van der Waals surface area contributed by atoms with E-state index in [1.807, 2.05) is 19.2 Å². The maximum Gasteiger partial charge on any atom is 0.128 e. The van der Waals surface area contributed by atoms with Crippen LogP contribution in [-0.2, 0) is 4.74 Å². The smallest absolute Gasteiger partial charge is 0.128 e.